The molecule has 0 saturated carbocycles. The third kappa shape index (κ3) is 4.20. The standard InChI is InChI=1S/C19H22N2O3S/c1-13(9-14-7-8-25-12-14)20-19(23)15-10-18(22)21(11-15)16-3-5-17(24-2)6-4-16/h3-8,12-13,15H,9-11H2,1-2H3,(H,20,23). The van der Waals surface area contributed by atoms with Crippen molar-refractivity contribution >= 4 is 28.8 Å². The van der Waals surface area contributed by atoms with Gasteiger partial charge in [0, 0.05) is 24.7 Å². The number of ether oxygens (including phenoxy) is 1. The van der Waals surface area contributed by atoms with E-state index in [0.29, 0.717) is 6.54 Å². The zero-order chi connectivity index (χ0) is 17.8. The van der Waals surface area contributed by atoms with E-state index in [1.54, 1.807) is 23.3 Å². The van der Waals surface area contributed by atoms with E-state index in [4.69, 9.17) is 4.74 Å². The lowest BCUT2D eigenvalue weighted by Gasteiger charge is -2.18. The van der Waals surface area contributed by atoms with Crippen molar-refractivity contribution in [2.24, 2.45) is 5.92 Å². The van der Waals surface area contributed by atoms with E-state index in [9.17, 15) is 9.59 Å². The highest BCUT2D eigenvalue weighted by atomic mass is 32.1. The average Bonchev–Trinajstić information content (AvgIpc) is 3.24. The van der Waals surface area contributed by atoms with Gasteiger partial charge in [0.05, 0.1) is 13.0 Å². The summed E-state index contributed by atoms with van der Waals surface area (Å²) in [6, 6.07) is 9.44. The van der Waals surface area contributed by atoms with Gasteiger partial charge in [-0.3, -0.25) is 9.59 Å². The number of thiophene rings is 1. The molecule has 1 N–H and O–H groups in total. The molecule has 25 heavy (non-hydrogen) atoms. The molecule has 2 atom stereocenters. The minimum absolute atomic E-state index is 0.0178. The molecule has 1 aliphatic rings. The molecule has 2 heterocycles. The summed E-state index contributed by atoms with van der Waals surface area (Å²) in [5.74, 6) is 0.370. The number of nitrogens with zero attached hydrogens (tertiary/aromatic N) is 1. The van der Waals surface area contributed by atoms with E-state index in [2.05, 4.69) is 16.8 Å². The zero-order valence-electron chi connectivity index (χ0n) is 14.4. The van der Waals surface area contributed by atoms with Crippen LogP contribution in [-0.2, 0) is 16.0 Å². The molecule has 0 spiro atoms. The first-order chi connectivity index (χ1) is 12.1. The molecule has 3 rings (SSSR count). The van der Waals surface area contributed by atoms with Crippen LogP contribution in [0.25, 0.3) is 0 Å². The number of nitrogens with one attached hydrogen (secondary N) is 1. The Labute approximate surface area is 151 Å². The first kappa shape index (κ1) is 17.5. The first-order valence-electron chi connectivity index (χ1n) is 8.32. The Morgan fingerprint density at radius 1 is 1.36 bits per heavy atom. The molecule has 0 bridgehead atoms. The van der Waals surface area contributed by atoms with E-state index < -0.39 is 0 Å². The summed E-state index contributed by atoms with van der Waals surface area (Å²) in [5.41, 5.74) is 2.02. The van der Waals surface area contributed by atoms with Crippen molar-refractivity contribution in [1.29, 1.82) is 0 Å². The lowest BCUT2D eigenvalue weighted by atomic mass is 10.1. The van der Waals surface area contributed by atoms with E-state index in [1.807, 2.05) is 36.6 Å². The maximum absolute atomic E-state index is 12.5. The molecule has 5 nitrogen and oxygen atoms in total. The SMILES string of the molecule is COc1ccc(N2CC(C(=O)NC(C)Cc3ccsc3)CC2=O)cc1. The van der Waals surface area contributed by atoms with Crippen molar-refractivity contribution in [3.05, 3.63) is 46.7 Å². The van der Waals surface area contributed by atoms with Gasteiger partial charge < -0.3 is 15.0 Å². The minimum Gasteiger partial charge on any atom is -0.497 e. The molecular formula is C19H22N2O3S. The van der Waals surface area contributed by atoms with Crippen LogP contribution in [0.4, 0.5) is 5.69 Å². The molecule has 0 aliphatic carbocycles. The predicted octanol–water partition coefficient (Wildman–Crippen LogP) is 2.86. The minimum atomic E-state index is -0.306. The Kier molecular flexibility index (Phi) is 5.38. The lowest BCUT2D eigenvalue weighted by molar-refractivity contribution is -0.126. The van der Waals surface area contributed by atoms with E-state index in [1.165, 1.54) is 5.56 Å². The van der Waals surface area contributed by atoms with Gasteiger partial charge in [-0.1, -0.05) is 0 Å². The third-order valence-corrected chi connectivity index (χ3v) is 5.12. The number of rotatable bonds is 6. The van der Waals surface area contributed by atoms with Crippen molar-refractivity contribution < 1.29 is 14.3 Å². The maximum Gasteiger partial charge on any atom is 0.227 e. The van der Waals surface area contributed by atoms with Crippen molar-refractivity contribution in [3.63, 3.8) is 0 Å². The molecule has 1 aromatic heterocycles. The molecule has 132 valence electrons. The van der Waals surface area contributed by atoms with Gasteiger partial charge in [0.15, 0.2) is 0 Å². The van der Waals surface area contributed by atoms with Crippen LogP contribution >= 0.6 is 11.3 Å². The quantitative estimate of drug-likeness (QED) is 0.864. The van der Waals surface area contributed by atoms with Gasteiger partial charge in [-0.15, -0.1) is 0 Å². The van der Waals surface area contributed by atoms with Crippen LogP contribution in [0.15, 0.2) is 41.1 Å². The summed E-state index contributed by atoms with van der Waals surface area (Å²) < 4.78 is 5.14. The fourth-order valence-electron chi connectivity index (χ4n) is 3.07. The van der Waals surface area contributed by atoms with Crippen LogP contribution in [0.5, 0.6) is 5.75 Å². The summed E-state index contributed by atoms with van der Waals surface area (Å²) in [4.78, 5) is 26.5. The highest BCUT2D eigenvalue weighted by molar-refractivity contribution is 7.07. The van der Waals surface area contributed by atoms with Gasteiger partial charge in [-0.25, -0.2) is 0 Å². The maximum atomic E-state index is 12.5. The lowest BCUT2D eigenvalue weighted by Crippen LogP contribution is -2.39. The molecule has 6 heteroatoms. The second-order valence-electron chi connectivity index (χ2n) is 6.35. The Balaban J connectivity index is 1.58. The number of amides is 2. The molecule has 2 unspecified atom stereocenters. The third-order valence-electron chi connectivity index (χ3n) is 4.39. The number of carbonyl (C=O) groups is 2. The highest BCUT2D eigenvalue weighted by Gasteiger charge is 2.35. The van der Waals surface area contributed by atoms with Crippen molar-refractivity contribution in [2.45, 2.75) is 25.8 Å². The molecule has 2 aromatic rings. The van der Waals surface area contributed by atoms with Crippen LogP contribution in [0.2, 0.25) is 0 Å². The van der Waals surface area contributed by atoms with E-state index in [0.717, 1.165) is 17.9 Å². The van der Waals surface area contributed by atoms with Crippen LogP contribution in [0.3, 0.4) is 0 Å². The second-order valence-corrected chi connectivity index (χ2v) is 7.13. The van der Waals surface area contributed by atoms with E-state index >= 15 is 0 Å². The Morgan fingerprint density at radius 3 is 2.76 bits per heavy atom. The van der Waals surface area contributed by atoms with Crippen LogP contribution in [0, 0.1) is 5.92 Å². The monoisotopic (exact) mass is 358 g/mol. The topological polar surface area (TPSA) is 58.6 Å². The Hall–Kier alpha value is -2.34. The van der Waals surface area contributed by atoms with Crippen LogP contribution in [0.1, 0.15) is 18.9 Å². The van der Waals surface area contributed by atoms with Gasteiger partial charge in [0.1, 0.15) is 5.75 Å². The number of anilines is 1. The van der Waals surface area contributed by atoms with Crippen LogP contribution < -0.4 is 15.0 Å². The van der Waals surface area contributed by atoms with Crippen molar-refractivity contribution in [1.82, 2.24) is 5.32 Å². The number of hydrogen-bond donors (Lipinski definition) is 1. The summed E-state index contributed by atoms with van der Waals surface area (Å²) in [7, 11) is 1.60. The van der Waals surface area contributed by atoms with E-state index in [-0.39, 0.29) is 30.2 Å². The van der Waals surface area contributed by atoms with Crippen molar-refractivity contribution in [3.8, 4) is 5.75 Å². The largest absolute Gasteiger partial charge is 0.497 e. The molecule has 2 amide bonds. The first-order valence-corrected chi connectivity index (χ1v) is 9.27. The summed E-state index contributed by atoms with van der Waals surface area (Å²) in [6.45, 7) is 2.41. The molecule has 1 saturated heterocycles. The number of carbonyl (C=O) groups excluding carboxylic acids is 2. The molecule has 1 aromatic carbocycles. The Bertz CT molecular complexity index is 728. The van der Waals surface area contributed by atoms with Gasteiger partial charge in [0.2, 0.25) is 11.8 Å². The number of benzene rings is 1. The van der Waals surface area contributed by atoms with Gasteiger partial charge in [0.25, 0.3) is 0 Å². The molecule has 0 radical (unpaired) electrons. The predicted molar refractivity (Wildman–Crippen MR) is 99.1 cm³/mol. The molecule has 1 aliphatic heterocycles. The summed E-state index contributed by atoms with van der Waals surface area (Å²) >= 11 is 1.65. The average molecular weight is 358 g/mol. The number of methoxy groups -OCH3 is 1. The normalized spacial score (nSPS) is 18.2. The smallest absolute Gasteiger partial charge is 0.227 e. The molecule has 1 fully saturated rings. The van der Waals surface area contributed by atoms with Crippen molar-refractivity contribution in [2.75, 3.05) is 18.6 Å². The fraction of sp³-hybridized carbons (Fsp3) is 0.368. The zero-order valence-corrected chi connectivity index (χ0v) is 15.2. The fourth-order valence-corrected chi connectivity index (χ4v) is 3.75. The van der Waals surface area contributed by atoms with Crippen LogP contribution in [-0.4, -0.2) is 31.5 Å². The summed E-state index contributed by atoms with van der Waals surface area (Å²) in [6.07, 6.45) is 1.06. The van der Waals surface area contributed by atoms with Gasteiger partial charge in [-0.2, -0.15) is 11.3 Å². The second kappa shape index (κ2) is 7.70. The number of hydrogen-bond acceptors (Lipinski definition) is 4. The summed E-state index contributed by atoms with van der Waals surface area (Å²) in [5, 5.41) is 7.16. The molecular weight excluding hydrogens is 336 g/mol. The highest BCUT2D eigenvalue weighted by Crippen LogP contribution is 2.27. The van der Waals surface area contributed by atoms with Gasteiger partial charge in [-0.05, 0) is 60.0 Å². The Morgan fingerprint density at radius 2 is 2.12 bits per heavy atom. The van der Waals surface area contributed by atoms with Gasteiger partial charge >= 0.3 is 0 Å².